The van der Waals surface area contributed by atoms with Gasteiger partial charge in [0.05, 0.1) is 13.7 Å². The number of amides is 1. The molecule has 3 rings (SSSR count). The summed E-state index contributed by atoms with van der Waals surface area (Å²) in [7, 11) is 3.26. The van der Waals surface area contributed by atoms with E-state index in [9.17, 15) is 9.59 Å². The first-order valence-corrected chi connectivity index (χ1v) is 7.59. The van der Waals surface area contributed by atoms with Gasteiger partial charge in [0.15, 0.2) is 0 Å². The average molecular weight is 322 g/mol. The molecule has 0 bridgehead atoms. The van der Waals surface area contributed by atoms with Gasteiger partial charge in [-0.2, -0.15) is 0 Å². The molecule has 2 aromatic carbocycles. The van der Waals surface area contributed by atoms with Crippen molar-refractivity contribution in [3.63, 3.8) is 0 Å². The van der Waals surface area contributed by atoms with Crippen LogP contribution in [0.5, 0.6) is 5.75 Å². The Hall–Kier alpha value is -3.08. The molecule has 0 unspecified atom stereocenters. The fourth-order valence-corrected chi connectivity index (χ4v) is 2.59. The third-order valence-electron chi connectivity index (χ3n) is 3.92. The van der Waals surface area contributed by atoms with Gasteiger partial charge in [-0.25, -0.2) is 0 Å². The van der Waals surface area contributed by atoms with Crippen LogP contribution in [0, 0.1) is 0 Å². The number of hydrogen-bond acceptors (Lipinski definition) is 3. The van der Waals surface area contributed by atoms with Crippen molar-refractivity contribution in [1.82, 2.24) is 9.88 Å². The number of methoxy groups -OCH3 is 1. The molecule has 0 aliphatic carbocycles. The lowest BCUT2D eigenvalue weighted by molar-refractivity contribution is 0.0784. The van der Waals surface area contributed by atoms with Gasteiger partial charge in [0.1, 0.15) is 5.75 Å². The molecule has 1 N–H and O–H groups in total. The monoisotopic (exact) mass is 322 g/mol. The first-order chi connectivity index (χ1) is 11.6. The summed E-state index contributed by atoms with van der Waals surface area (Å²) < 4.78 is 5.09. The largest absolute Gasteiger partial charge is 0.497 e. The molecule has 122 valence electrons. The second-order valence-electron chi connectivity index (χ2n) is 5.60. The van der Waals surface area contributed by atoms with Crippen molar-refractivity contribution < 1.29 is 9.53 Å². The Morgan fingerprint density at radius 1 is 1.12 bits per heavy atom. The van der Waals surface area contributed by atoms with Crippen molar-refractivity contribution in [3.8, 4) is 5.75 Å². The van der Waals surface area contributed by atoms with Crippen LogP contribution in [-0.4, -0.2) is 29.9 Å². The molecule has 0 aliphatic rings. The summed E-state index contributed by atoms with van der Waals surface area (Å²) in [6.07, 6.45) is 0. The van der Waals surface area contributed by atoms with E-state index in [1.165, 1.54) is 4.90 Å². The lowest BCUT2D eigenvalue weighted by Crippen LogP contribution is -2.29. The summed E-state index contributed by atoms with van der Waals surface area (Å²) in [5.74, 6) is 0.547. The SMILES string of the molecule is COc1ccc(C(=O)N(C)Cc2cc3ccccc3[nH]c2=O)cc1. The molecular weight excluding hydrogens is 304 g/mol. The molecule has 0 saturated heterocycles. The number of carbonyl (C=O) groups excluding carboxylic acids is 1. The van der Waals surface area contributed by atoms with Crippen LogP contribution in [0.2, 0.25) is 0 Å². The zero-order chi connectivity index (χ0) is 17.1. The number of aromatic amines is 1. The van der Waals surface area contributed by atoms with Crippen molar-refractivity contribution in [2.45, 2.75) is 6.54 Å². The highest BCUT2D eigenvalue weighted by Crippen LogP contribution is 2.15. The summed E-state index contributed by atoms with van der Waals surface area (Å²) in [4.78, 5) is 29.1. The van der Waals surface area contributed by atoms with Crippen LogP contribution < -0.4 is 10.3 Å². The fourth-order valence-electron chi connectivity index (χ4n) is 2.59. The molecule has 1 heterocycles. The Labute approximate surface area is 139 Å². The number of nitrogens with zero attached hydrogens (tertiary/aromatic N) is 1. The summed E-state index contributed by atoms with van der Waals surface area (Å²) in [5.41, 5.74) is 1.71. The van der Waals surface area contributed by atoms with Crippen molar-refractivity contribution in [3.05, 3.63) is 76.1 Å². The van der Waals surface area contributed by atoms with Gasteiger partial charge in [-0.3, -0.25) is 9.59 Å². The molecule has 5 nitrogen and oxygen atoms in total. The van der Waals surface area contributed by atoms with Gasteiger partial charge in [-0.1, -0.05) is 18.2 Å². The fraction of sp³-hybridized carbons (Fsp3) is 0.158. The lowest BCUT2D eigenvalue weighted by Gasteiger charge is -2.17. The van der Waals surface area contributed by atoms with E-state index in [4.69, 9.17) is 4.74 Å². The molecule has 3 aromatic rings. The Balaban J connectivity index is 1.83. The van der Waals surface area contributed by atoms with E-state index < -0.39 is 0 Å². The van der Waals surface area contributed by atoms with E-state index in [1.807, 2.05) is 30.3 Å². The van der Waals surface area contributed by atoms with E-state index in [2.05, 4.69) is 4.98 Å². The minimum absolute atomic E-state index is 0.148. The first-order valence-electron chi connectivity index (χ1n) is 7.59. The van der Waals surface area contributed by atoms with Crippen LogP contribution in [0.25, 0.3) is 10.9 Å². The van der Waals surface area contributed by atoms with Crippen molar-refractivity contribution in [1.29, 1.82) is 0 Å². The summed E-state index contributed by atoms with van der Waals surface area (Å²) in [5, 5.41) is 0.942. The number of para-hydroxylation sites is 1. The van der Waals surface area contributed by atoms with Crippen molar-refractivity contribution in [2.24, 2.45) is 0 Å². The third kappa shape index (κ3) is 3.15. The number of rotatable bonds is 4. The number of benzene rings is 2. The molecule has 0 spiro atoms. The van der Waals surface area contributed by atoms with Gasteiger partial charge in [0, 0.05) is 23.7 Å². The van der Waals surface area contributed by atoms with Gasteiger partial charge in [0.2, 0.25) is 0 Å². The van der Waals surface area contributed by atoms with Crippen LogP contribution >= 0.6 is 0 Å². The second-order valence-corrected chi connectivity index (χ2v) is 5.60. The highest BCUT2D eigenvalue weighted by atomic mass is 16.5. The Morgan fingerprint density at radius 2 is 1.83 bits per heavy atom. The normalized spacial score (nSPS) is 10.6. The number of fused-ring (bicyclic) bond motifs is 1. The maximum Gasteiger partial charge on any atom is 0.253 e. The first kappa shape index (κ1) is 15.8. The van der Waals surface area contributed by atoms with Crippen molar-refractivity contribution >= 4 is 16.8 Å². The van der Waals surface area contributed by atoms with Crippen LogP contribution in [-0.2, 0) is 6.54 Å². The quantitative estimate of drug-likeness (QED) is 0.803. The maximum absolute atomic E-state index is 12.5. The zero-order valence-corrected chi connectivity index (χ0v) is 13.6. The van der Waals surface area contributed by atoms with E-state index in [0.29, 0.717) is 16.9 Å². The number of pyridine rings is 1. The summed E-state index contributed by atoms with van der Waals surface area (Å²) in [6, 6.07) is 16.3. The molecule has 24 heavy (non-hydrogen) atoms. The number of hydrogen-bond donors (Lipinski definition) is 1. The topological polar surface area (TPSA) is 62.4 Å². The smallest absolute Gasteiger partial charge is 0.253 e. The van der Waals surface area contributed by atoms with Crippen molar-refractivity contribution in [2.75, 3.05) is 14.2 Å². The van der Waals surface area contributed by atoms with Crippen LogP contribution in [0.15, 0.2) is 59.4 Å². The number of aromatic nitrogens is 1. The van der Waals surface area contributed by atoms with Gasteiger partial charge in [-0.05, 0) is 41.8 Å². The summed E-state index contributed by atoms with van der Waals surface area (Å²) in [6.45, 7) is 0.241. The van der Waals surface area contributed by atoms with E-state index in [-0.39, 0.29) is 18.0 Å². The molecule has 0 atom stereocenters. The van der Waals surface area contributed by atoms with E-state index in [1.54, 1.807) is 38.4 Å². The van der Waals surface area contributed by atoms with E-state index >= 15 is 0 Å². The highest BCUT2D eigenvalue weighted by Gasteiger charge is 2.14. The lowest BCUT2D eigenvalue weighted by atomic mass is 10.1. The van der Waals surface area contributed by atoms with Crippen LogP contribution in [0.1, 0.15) is 15.9 Å². The third-order valence-corrected chi connectivity index (χ3v) is 3.92. The molecule has 0 radical (unpaired) electrons. The number of carbonyl (C=O) groups is 1. The molecule has 1 aromatic heterocycles. The Kier molecular flexibility index (Phi) is 4.33. The van der Waals surface area contributed by atoms with Gasteiger partial charge < -0.3 is 14.6 Å². The molecular formula is C19H18N2O3. The van der Waals surface area contributed by atoms with Crippen LogP contribution in [0.3, 0.4) is 0 Å². The minimum atomic E-state index is -0.178. The Morgan fingerprint density at radius 3 is 2.54 bits per heavy atom. The van der Waals surface area contributed by atoms with Gasteiger partial charge >= 0.3 is 0 Å². The van der Waals surface area contributed by atoms with E-state index in [0.717, 1.165) is 10.9 Å². The standard InChI is InChI=1S/C19H18N2O3/c1-21(19(23)13-7-9-16(24-2)10-8-13)12-15-11-14-5-3-4-6-17(14)20-18(15)22/h3-11H,12H2,1-2H3,(H,20,22). The second kappa shape index (κ2) is 6.58. The van der Waals surface area contributed by atoms with Gasteiger partial charge in [0.25, 0.3) is 11.5 Å². The molecule has 1 amide bonds. The Bertz CT molecular complexity index is 929. The predicted octanol–water partition coefficient (Wildman–Crippen LogP) is 2.81. The van der Waals surface area contributed by atoms with Crippen LogP contribution in [0.4, 0.5) is 0 Å². The predicted molar refractivity (Wildman–Crippen MR) is 93.4 cm³/mol. The molecule has 0 fully saturated rings. The maximum atomic E-state index is 12.5. The minimum Gasteiger partial charge on any atom is -0.497 e. The zero-order valence-electron chi connectivity index (χ0n) is 13.6. The molecule has 5 heteroatoms. The highest BCUT2D eigenvalue weighted by molar-refractivity contribution is 5.94. The number of ether oxygens (including phenoxy) is 1. The average Bonchev–Trinajstić information content (AvgIpc) is 2.61. The number of H-pyrrole nitrogens is 1. The van der Waals surface area contributed by atoms with Gasteiger partial charge in [-0.15, -0.1) is 0 Å². The number of nitrogens with one attached hydrogen (secondary N) is 1. The molecule has 0 saturated carbocycles. The summed E-state index contributed by atoms with van der Waals surface area (Å²) >= 11 is 0. The molecule has 0 aliphatic heterocycles.